The van der Waals surface area contributed by atoms with Crippen LogP contribution < -0.4 is 5.32 Å². The molecule has 4 aliphatic rings. The molecule has 0 amide bonds. The summed E-state index contributed by atoms with van der Waals surface area (Å²) >= 11 is 0. The average Bonchev–Trinajstić information content (AvgIpc) is 2.27. The third-order valence-electron chi connectivity index (χ3n) is 5.22. The van der Waals surface area contributed by atoms with Crippen molar-refractivity contribution in [3.63, 3.8) is 0 Å². The van der Waals surface area contributed by atoms with Crippen LogP contribution in [0.15, 0.2) is 0 Å². The minimum Gasteiger partial charge on any atom is -0.481 e. The van der Waals surface area contributed by atoms with E-state index < -0.39 is 11.9 Å². The van der Waals surface area contributed by atoms with Gasteiger partial charge in [0.15, 0.2) is 0 Å². The van der Waals surface area contributed by atoms with Gasteiger partial charge in [0.25, 0.3) is 0 Å². The molecule has 2 N–H and O–H groups in total. The zero-order valence-electron chi connectivity index (χ0n) is 10.6. The van der Waals surface area contributed by atoms with Gasteiger partial charge in [-0.1, -0.05) is 0 Å². The molecule has 18 heavy (non-hydrogen) atoms. The van der Waals surface area contributed by atoms with Crippen molar-refractivity contribution in [2.75, 3.05) is 6.54 Å². The Balaban J connectivity index is 1.65. The van der Waals surface area contributed by atoms with E-state index in [0.29, 0.717) is 12.8 Å². The van der Waals surface area contributed by atoms with E-state index in [-0.39, 0.29) is 5.54 Å². The van der Waals surface area contributed by atoms with Gasteiger partial charge < -0.3 is 15.2 Å². The molecule has 1 atom stereocenters. The summed E-state index contributed by atoms with van der Waals surface area (Å²) in [6.45, 7) is 0.297. The van der Waals surface area contributed by atoms with E-state index in [0.717, 1.165) is 17.8 Å². The lowest BCUT2D eigenvalue weighted by Gasteiger charge is -2.57. The maximum atomic E-state index is 10.9. The molecule has 0 heterocycles. The van der Waals surface area contributed by atoms with Crippen LogP contribution in [0.5, 0.6) is 0 Å². The molecular weight excluding hydrogens is 230 g/mol. The van der Waals surface area contributed by atoms with Gasteiger partial charge in [0.2, 0.25) is 0 Å². The van der Waals surface area contributed by atoms with Crippen molar-refractivity contribution in [3.8, 4) is 0 Å². The lowest BCUT2D eigenvalue weighted by atomic mass is 9.53. The van der Waals surface area contributed by atoms with Crippen LogP contribution in [0.4, 0.5) is 0 Å². The first kappa shape index (κ1) is 12.2. The van der Waals surface area contributed by atoms with Gasteiger partial charge in [0, 0.05) is 12.1 Å². The van der Waals surface area contributed by atoms with E-state index >= 15 is 0 Å². The number of carbonyl (C=O) groups excluding carboxylic acids is 1. The Hall–Kier alpha value is -0.900. The second kappa shape index (κ2) is 4.34. The first-order valence-electron chi connectivity index (χ1n) is 7.03. The summed E-state index contributed by atoms with van der Waals surface area (Å²) in [7, 11) is 0. The molecule has 0 aromatic heterocycles. The van der Waals surface area contributed by atoms with Crippen LogP contribution in [0.2, 0.25) is 0 Å². The Bertz CT molecular complexity index is 331. The quantitative estimate of drug-likeness (QED) is 0.573. The van der Waals surface area contributed by atoms with E-state index in [1.807, 2.05) is 0 Å². The topological polar surface area (TPSA) is 66.4 Å². The molecule has 0 aromatic rings. The van der Waals surface area contributed by atoms with Crippen molar-refractivity contribution in [1.82, 2.24) is 5.32 Å². The fraction of sp³-hybridized carbons (Fsp3) is 0.857. The van der Waals surface area contributed by atoms with Gasteiger partial charge in [-0.25, -0.2) is 0 Å². The number of nitrogens with one attached hydrogen (secondary N) is 1. The zero-order chi connectivity index (χ0) is 12.8. The summed E-state index contributed by atoms with van der Waals surface area (Å²) in [6, 6.07) is 0. The fourth-order valence-corrected chi connectivity index (χ4v) is 4.85. The number of hydrogen-bond acceptors (Lipinski definition) is 3. The molecule has 0 saturated heterocycles. The molecule has 100 valence electrons. The maximum Gasteiger partial charge on any atom is 0.315 e. The number of rotatable bonds is 5. The Morgan fingerprint density at radius 2 is 1.72 bits per heavy atom. The maximum absolute atomic E-state index is 10.9. The minimum absolute atomic E-state index is 0.144. The van der Waals surface area contributed by atoms with Gasteiger partial charge in [0.1, 0.15) is 12.2 Å². The van der Waals surface area contributed by atoms with E-state index in [1.165, 1.54) is 38.5 Å². The molecule has 4 rings (SSSR count). The Kier molecular flexibility index (Phi) is 2.93. The third-order valence-corrected chi connectivity index (χ3v) is 5.22. The highest BCUT2D eigenvalue weighted by atomic mass is 16.4. The van der Waals surface area contributed by atoms with E-state index in [1.54, 1.807) is 0 Å². The minimum atomic E-state index is -1.01. The van der Waals surface area contributed by atoms with E-state index in [4.69, 9.17) is 5.11 Å². The molecule has 1 unspecified atom stereocenters. The van der Waals surface area contributed by atoms with Crippen molar-refractivity contribution in [2.24, 2.45) is 23.7 Å². The predicted octanol–water partition coefficient (Wildman–Crippen LogP) is 1.44. The second-order valence-corrected chi connectivity index (χ2v) is 6.66. The number of carboxylic acids is 1. The number of carboxylic acid groups (broad SMARTS) is 1. The van der Waals surface area contributed by atoms with E-state index in [2.05, 4.69) is 5.32 Å². The summed E-state index contributed by atoms with van der Waals surface area (Å²) < 4.78 is 0. The first-order valence-corrected chi connectivity index (χ1v) is 7.03. The number of carbonyl (C=O) groups is 2. The molecule has 0 aromatic carbocycles. The largest absolute Gasteiger partial charge is 0.481 e. The third kappa shape index (κ3) is 2.07. The molecule has 4 saturated carbocycles. The lowest BCUT2D eigenvalue weighted by molar-refractivity contribution is -0.143. The highest BCUT2D eigenvalue weighted by molar-refractivity contribution is 5.86. The SMILES string of the molecule is O=CC(CNC12CC3CC(CC(C3)C1)C2)C(=O)O. The van der Waals surface area contributed by atoms with Gasteiger partial charge in [0.05, 0.1) is 0 Å². The first-order chi connectivity index (χ1) is 8.60. The Morgan fingerprint density at radius 1 is 1.22 bits per heavy atom. The van der Waals surface area contributed by atoms with Crippen LogP contribution in [0.25, 0.3) is 0 Å². The molecule has 0 spiro atoms. The molecule has 0 radical (unpaired) electrons. The molecule has 4 heteroatoms. The van der Waals surface area contributed by atoms with Crippen LogP contribution in [-0.2, 0) is 9.59 Å². The van der Waals surface area contributed by atoms with Crippen LogP contribution in [0, 0.1) is 23.7 Å². The Labute approximate surface area is 107 Å². The van der Waals surface area contributed by atoms with Crippen LogP contribution in [0.3, 0.4) is 0 Å². The zero-order valence-corrected chi connectivity index (χ0v) is 10.6. The average molecular weight is 251 g/mol. The highest BCUT2D eigenvalue weighted by Gasteiger charge is 2.50. The summed E-state index contributed by atoms with van der Waals surface area (Å²) in [4.78, 5) is 21.6. The monoisotopic (exact) mass is 251 g/mol. The summed E-state index contributed by atoms with van der Waals surface area (Å²) in [6.07, 6.45) is 8.22. The molecule has 4 bridgehead atoms. The van der Waals surface area contributed by atoms with Gasteiger partial charge in [-0.05, 0) is 56.3 Å². The smallest absolute Gasteiger partial charge is 0.315 e. The predicted molar refractivity (Wildman–Crippen MR) is 66.1 cm³/mol. The molecule has 4 aliphatic carbocycles. The molecule has 4 nitrogen and oxygen atoms in total. The second-order valence-electron chi connectivity index (χ2n) is 6.66. The molecular formula is C14H21NO3. The summed E-state index contributed by atoms with van der Waals surface area (Å²) in [5, 5.41) is 12.4. The van der Waals surface area contributed by atoms with Crippen LogP contribution in [-0.4, -0.2) is 29.4 Å². The van der Waals surface area contributed by atoms with E-state index in [9.17, 15) is 9.59 Å². The highest BCUT2D eigenvalue weighted by Crippen LogP contribution is 2.55. The van der Waals surface area contributed by atoms with Gasteiger partial charge in [-0.2, -0.15) is 0 Å². The number of hydrogen-bond donors (Lipinski definition) is 2. The standard InChI is InChI=1S/C14H21NO3/c16-8-12(13(17)18)7-15-14-4-9-1-10(5-14)3-11(2-9)6-14/h8-12,15H,1-7H2,(H,17,18). The molecule has 0 aliphatic heterocycles. The Morgan fingerprint density at radius 3 is 2.11 bits per heavy atom. The lowest BCUT2D eigenvalue weighted by Crippen LogP contribution is -2.59. The van der Waals surface area contributed by atoms with Crippen molar-refractivity contribution in [1.29, 1.82) is 0 Å². The summed E-state index contributed by atoms with van der Waals surface area (Å²) in [5.74, 6) is 0.606. The normalized spacial score (nSPS) is 42.8. The number of aldehydes is 1. The van der Waals surface area contributed by atoms with Gasteiger partial charge in [-0.15, -0.1) is 0 Å². The molecule has 4 fully saturated rings. The van der Waals surface area contributed by atoms with Crippen LogP contribution >= 0.6 is 0 Å². The van der Waals surface area contributed by atoms with Crippen molar-refractivity contribution in [3.05, 3.63) is 0 Å². The fourth-order valence-electron chi connectivity index (χ4n) is 4.85. The number of aliphatic carboxylic acids is 1. The van der Waals surface area contributed by atoms with Crippen molar-refractivity contribution in [2.45, 2.75) is 44.1 Å². The van der Waals surface area contributed by atoms with Crippen molar-refractivity contribution < 1.29 is 14.7 Å². The summed E-state index contributed by atoms with van der Waals surface area (Å²) in [5.41, 5.74) is 0.144. The van der Waals surface area contributed by atoms with Gasteiger partial charge >= 0.3 is 5.97 Å². The van der Waals surface area contributed by atoms with Gasteiger partial charge in [-0.3, -0.25) is 4.79 Å². The van der Waals surface area contributed by atoms with Crippen molar-refractivity contribution >= 4 is 12.3 Å². The van der Waals surface area contributed by atoms with Crippen LogP contribution in [0.1, 0.15) is 38.5 Å².